The van der Waals surface area contributed by atoms with Gasteiger partial charge in [-0.05, 0) is 31.5 Å². The monoisotopic (exact) mass is 293 g/mol. The number of carbonyl (C=O) groups is 1. The van der Waals surface area contributed by atoms with Crippen molar-refractivity contribution in [3.63, 3.8) is 0 Å². The first-order valence-corrected chi connectivity index (χ1v) is 7.88. The van der Waals surface area contributed by atoms with Crippen LogP contribution in [0.5, 0.6) is 5.75 Å². The average Bonchev–Trinajstić information content (AvgIpc) is 2.48. The summed E-state index contributed by atoms with van der Waals surface area (Å²) < 4.78 is 10.6. The number of nitrogen functional groups attached to an aromatic ring is 1. The van der Waals surface area contributed by atoms with Gasteiger partial charge in [-0.2, -0.15) is 0 Å². The average molecular weight is 293 g/mol. The van der Waals surface area contributed by atoms with Gasteiger partial charge >= 0.3 is 5.97 Å². The van der Waals surface area contributed by atoms with Gasteiger partial charge in [-0.1, -0.05) is 39.0 Å². The van der Waals surface area contributed by atoms with E-state index in [-0.39, 0.29) is 5.97 Å². The van der Waals surface area contributed by atoms with E-state index in [1.807, 2.05) is 0 Å². The second kappa shape index (κ2) is 10.1. The second-order valence-corrected chi connectivity index (χ2v) is 5.09. The summed E-state index contributed by atoms with van der Waals surface area (Å²) in [6.45, 7) is 4.98. The Balaban J connectivity index is 2.40. The van der Waals surface area contributed by atoms with Crippen LogP contribution in [0.25, 0.3) is 0 Å². The van der Waals surface area contributed by atoms with Gasteiger partial charge in [0.1, 0.15) is 5.75 Å². The first kappa shape index (κ1) is 17.3. The minimum Gasteiger partial charge on any atom is -0.491 e. The second-order valence-electron chi connectivity index (χ2n) is 5.09. The summed E-state index contributed by atoms with van der Waals surface area (Å²) in [7, 11) is 0. The topological polar surface area (TPSA) is 61.5 Å². The molecule has 0 aliphatic rings. The van der Waals surface area contributed by atoms with Crippen molar-refractivity contribution < 1.29 is 14.3 Å². The number of unbranched alkanes of at least 4 members (excludes halogenated alkanes) is 5. The molecule has 0 heterocycles. The molecule has 0 aliphatic carbocycles. The molecule has 4 heteroatoms. The molecule has 1 aromatic carbocycles. The largest absolute Gasteiger partial charge is 0.491 e. The standard InChI is InChI=1S/C17H27NO3/c1-3-5-6-7-8-9-12-21-16-13-14(10-11-15(16)18)17(19)20-4-2/h10-11,13H,3-9,12,18H2,1-2H3. The summed E-state index contributed by atoms with van der Waals surface area (Å²) in [5.74, 6) is 0.219. The highest BCUT2D eigenvalue weighted by Crippen LogP contribution is 2.23. The molecule has 118 valence electrons. The van der Waals surface area contributed by atoms with Gasteiger partial charge in [-0.3, -0.25) is 0 Å². The molecule has 1 rings (SSSR count). The number of benzene rings is 1. The lowest BCUT2D eigenvalue weighted by Crippen LogP contribution is -2.06. The maximum absolute atomic E-state index is 11.7. The van der Waals surface area contributed by atoms with E-state index in [1.54, 1.807) is 25.1 Å². The van der Waals surface area contributed by atoms with Crippen LogP contribution >= 0.6 is 0 Å². The van der Waals surface area contributed by atoms with E-state index in [4.69, 9.17) is 15.2 Å². The smallest absolute Gasteiger partial charge is 0.338 e. The zero-order chi connectivity index (χ0) is 15.5. The third kappa shape index (κ3) is 6.52. The molecule has 0 amide bonds. The van der Waals surface area contributed by atoms with Crippen molar-refractivity contribution >= 4 is 11.7 Å². The molecule has 0 aliphatic heterocycles. The molecule has 0 aromatic heterocycles. The molecular weight excluding hydrogens is 266 g/mol. The Bertz CT molecular complexity index is 432. The van der Waals surface area contributed by atoms with Gasteiger partial charge in [0.15, 0.2) is 0 Å². The van der Waals surface area contributed by atoms with Crippen LogP contribution in [0.2, 0.25) is 0 Å². The Morgan fingerprint density at radius 3 is 2.52 bits per heavy atom. The summed E-state index contributed by atoms with van der Waals surface area (Å²) in [5, 5.41) is 0. The van der Waals surface area contributed by atoms with Gasteiger partial charge in [0, 0.05) is 0 Å². The number of nitrogens with two attached hydrogens (primary N) is 1. The van der Waals surface area contributed by atoms with E-state index in [2.05, 4.69) is 6.92 Å². The Morgan fingerprint density at radius 1 is 1.10 bits per heavy atom. The Labute approximate surface area is 127 Å². The van der Waals surface area contributed by atoms with Crippen molar-refractivity contribution in [1.29, 1.82) is 0 Å². The minimum atomic E-state index is -0.345. The number of hydrogen-bond donors (Lipinski definition) is 1. The first-order valence-electron chi connectivity index (χ1n) is 7.88. The van der Waals surface area contributed by atoms with Crippen molar-refractivity contribution in [2.75, 3.05) is 18.9 Å². The zero-order valence-electron chi connectivity index (χ0n) is 13.2. The van der Waals surface area contributed by atoms with Crippen LogP contribution in [-0.2, 0) is 4.74 Å². The van der Waals surface area contributed by atoms with Gasteiger partial charge in [-0.25, -0.2) is 4.79 Å². The molecule has 21 heavy (non-hydrogen) atoms. The third-order valence-corrected chi connectivity index (χ3v) is 3.28. The molecule has 0 saturated carbocycles. The van der Waals surface area contributed by atoms with Crippen molar-refractivity contribution in [3.8, 4) is 5.75 Å². The minimum absolute atomic E-state index is 0.345. The predicted molar refractivity (Wildman–Crippen MR) is 85.7 cm³/mol. The van der Waals surface area contributed by atoms with Gasteiger partial charge in [0.2, 0.25) is 0 Å². The molecular formula is C17H27NO3. The fourth-order valence-electron chi connectivity index (χ4n) is 2.07. The number of carbonyl (C=O) groups excluding carboxylic acids is 1. The number of rotatable bonds is 10. The molecule has 0 spiro atoms. The van der Waals surface area contributed by atoms with E-state index in [0.29, 0.717) is 30.2 Å². The fourth-order valence-corrected chi connectivity index (χ4v) is 2.07. The van der Waals surface area contributed by atoms with Gasteiger partial charge in [-0.15, -0.1) is 0 Å². The van der Waals surface area contributed by atoms with Crippen LogP contribution in [-0.4, -0.2) is 19.2 Å². The van der Waals surface area contributed by atoms with Crippen LogP contribution in [0.1, 0.15) is 62.7 Å². The normalized spacial score (nSPS) is 10.4. The Hall–Kier alpha value is -1.71. The van der Waals surface area contributed by atoms with Crippen LogP contribution in [0.4, 0.5) is 5.69 Å². The van der Waals surface area contributed by atoms with Crippen LogP contribution in [0.3, 0.4) is 0 Å². The van der Waals surface area contributed by atoms with Gasteiger partial charge in [0.25, 0.3) is 0 Å². The highest BCUT2D eigenvalue weighted by atomic mass is 16.5. The van der Waals surface area contributed by atoms with E-state index in [0.717, 1.165) is 12.8 Å². The van der Waals surface area contributed by atoms with E-state index in [9.17, 15) is 4.79 Å². The van der Waals surface area contributed by atoms with Crippen LogP contribution in [0.15, 0.2) is 18.2 Å². The van der Waals surface area contributed by atoms with Crippen molar-refractivity contribution in [3.05, 3.63) is 23.8 Å². The summed E-state index contributed by atoms with van der Waals surface area (Å²) in [6, 6.07) is 5.00. The Morgan fingerprint density at radius 2 is 1.81 bits per heavy atom. The van der Waals surface area contributed by atoms with Crippen LogP contribution < -0.4 is 10.5 Å². The maximum Gasteiger partial charge on any atom is 0.338 e. The SMILES string of the molecule is CCCCCCCCOc1cc(C(=O)OCC)ccc1N. The van der Waals surface area contributed by atoms with E-state index in [1.165, 1.54) is 25.7 Å². The maximum atomic E-state index is 11.7. The summed E-state index contributed by atoms with van der Waals surface area (Å²) >= 11 is 0. The molecule has 0 atom stereocenters. The zero-order valence-corrected chi connectivity index (χ0v) is 13.2. The molecule has 0 bridgehead atoms. The lowest BCUT2D eigenvalue weighted by molar-refractivity contribution is 0.0526. The molecule has 0 fully saturated rings. The quantitative estimate of drug-likeness (QED) is 0.399. The van der Waals surface area contributed by atoms with Crippen molar-refractivity contribution in [1.82, 2.24) is 0 Å². The molecule has 0 radical (unpaired) electrons. The summed E-state index contributed by atoms with van der Waals surface area (Å²) in [4.78, 5) is 11.7. The third-order valence-electron chi connectivity index (χ3n) is 3.28. The first-order chi connectivity index (χ1) is 10.2. The van der Waals surface area contributed by atoms with Gasteiger partial charge in [0.05, 0.1) is 24.5 Å². The van der Waals surface area contributed by atoms with Crippen molar-refractivity contribution in [2.45, 2.75) is 52.4 Å². The highest BCUT2D eigenvalue weighted by molar-refractivity contribution is 5.90. The molecule has 0 unspecified atom stereocenters. The van der Waals surface area contributed by atoms with Gasteiger partial charge < -0.3 is 15.2 Å². The highest BCUT2D eigenvalue weighted by Gasteiger charge is 2.09. The molecule has 1 aromatic rings. The van der Waals surface area contributed by atoms with Crippen LogP contribution in [0, 0.1) is 0 Å². The van der Waals surface area contributed by atoms with E-state index < -0.39 is 0 Å². The lowest BCUT2D eigenvalue weighted by Gasteiger charge is -2.10. The van der Waals surface area contributed by atoms with Crippen molar-refractivity contribution in [2.24, 2.45) is 0 Å². The fraction of sp³-hybridized carbons (Fsp3) is 0.588. The number of hydrogen-bond acceptors (Lipinski definition) is 4. The molecule has 0 saturated heterocycles. The Kier molecular flexibility index (Phi) is 8.32. The summed E-state index contributed by atoms with van der Waals surface area (Å²) in [5.41, 5.74) is 6.89. The number of esters is 1. The number of ether oxygens (including phenoxy) is 2. The molecule has 4 nitrogen and oxygen atoms in total. The molecule has 2 N–H and O–H groups in total. The summed E-state index contributed by atoms with van der Waals surface area (Å²) in [6.07, 6.45) is 7.26. The number of anilines is 1. The lowest BCUT2D eigenvalue weighted by atomic mass is 10.1. The predicted octanol–water partition coefficient (Wildman–Crippen LogP) is 4.18. The van der Waals surface area contributed by atoms with E-state index >= 15 is 0 Å².